The molecule has 3 rings (SSSR count). The van der Waals surface area contributed by atoms with E-state index in [2.05, 4.69) is 37.4 Å². The summed E-state index contributed by atoms with van der Waals surface area (Å²) in [5.41, 5.74) is 4.95. The molecule has 1 amide bonds. The maximum Gasteiger partial charge on any atom is 0.251 e. The van der Waals surface area contributed by atoms with Gasteiger partial charge in [0.1, 0.15) is 0 Å². The fraction of sp³-hybridized carbons (Fsp3) is 0.300. The molecule has 1 aliphatic heterocycles. The number of fused-ring (bicyclic) bond motifs is 2. The Bertz CT molecular complexity index is 830. The lowest BCUT2D eigenvalue weighted by Crippen LogP contribution is -2.26. The number of carbonyl (C=O) groups excluding carboxylic acids is 1. The summed E-state index contributed by atoms with van der Waals surface area (Å²) in [5, 5.41) is 2.85. The van der Waals surface area contributed by atoms with Gasteiger partial charge in [-0.15, -0.1) is 0 Å². The molecule has 1 N–H and O–H groups in total. The minimum atomic E-state index is -0.101. The van der Waals surface area contributed by atoms with Gasteiger partial charge >= 0.3 is 0 Å². The number of benzene rings is 2. The van der Waals surface area contributed by atoms with Crippen molar-refractivity contribution in [1.82, 2.24) is 5.32 Å². The second kappa shape index (κ2) is 7.85. The van der Waals surface area contributed by atoms with Crippen LogP contribution in [0.2, 0.25) is 0 Å². The summed E-state index contributed by atoms with van der Waals surface area (Å²) in [6, 6.07) is 12.2. The van der Waals surface area contributed by atoms with Crippen molar-refractivity contribution < 1.29 is 9.53 Å². The highest BCUT2D eigenvalue weighted by Crippen LogP contribution is 2.41. The zero-order valence-electron chi connectivity index (χ0n) is 14.8. The van der Waals surface area contributed by atoms with Gasteiger partial charge in [0.2, 0.25) is 0 Å². The van der Waals surface area contributed by atoms with Crippen LogP contribution in [0.25, 0.3) is 0 Å². The molecular formula is C20H22N2O2S. The molecule has 0 saturated heterocycles. The fourth-order valence-electron chi connectivity index (χ4n) is 2.75. The Hall–Kier alpha value is -2.11. The van der Waals surface area contributed by atoms with E-state index in [0.29, 0.717) is 18.7 Å². The summed E-state index contributed by atoms with van der Waals surface area (Å²) in [7, 11) is 1.62. The van der Waals surface area contributed by atoms with E-state index >= 15 is 0 Å². The lowest BCUT2D eigenvalue weighted by atomic mass is 10.1. The van der Waals surface area contributed by atoms with Gasteiger partial charge in [0.05, 0.1) is 12.3 Å². The molecule has 1 heterocycles. The molecule has 1 aliphatic rings. The molecule has 2 aromatic carbocycles. The smallest absolute Gasteiger partial charge is 0.251 e. The van der Waals surface area contributed by atoms with Gasteiger partial charge in [0.15, 0.2) is 0 Å². The average molecular weight is 354 g/mol. The molecule has 4 nitrogen and oxygen atoms in total. The van der Waals surface area contributed by atoms with Crippen LogP contribution in [0.1, 0.15) is 34.8 Å². The number of carbonyl (C=O) groups is 1. The van der Waals surface area contributed by atoms with Gasteiger partial charge in [-0.2, -0.15) is 0 Å². The van der Waals surface area contributed by atoms with Gasteiger partial charge in [0, 0.05) is 40.3 Å². The van der Waals surface area contributed by atoms with E-state index in [-0.39, 0.29) is 5.91 Å². The number of rotatable bonds is 5. The van der Waals surface area contributed by atoms with E-state index in [0.717, 1.165) is 22.7 Å². The van der Waals surface area contributed by atoms with E-state index in [1.165, 1.54) is 16.0 Å². The number of aryl methyl sites for hydroxylation is 1. The number of nitrogens with zero attached hydrogens (tertiary/aromatic N) is 1. The molecule has 0 atom stereocenters. The topological polar surface area (TPSA) is 50.7 Å². The van der Waals surface area contributed by atoms with Crippen LogP contribution in [0.3, 0.4) is 0 Å². The van der Waals surface area contributed by atoms with Gasteiger partial charge in [-0.3, -0.25) is 9.79 Å². The summed E-state index contributed by atoms with van der Waals surface area (Å²) >= 11 is 1.71. The monoisotopic (exact) mass is 354 g/mol. The predicted molar refractivity (Wildman–Crippen MR) is 102 cm³/mol. The Balaban J connectivity index is 1.96. The minimum absolute atomic E-state index is 0.101. The average Bonchev–Trinajstić information content (AvgIpc) is 2.77. The molecule has 5 heteroatoms. The van der Waals surface area contributed by atoms with Crippen molar-refractivity contribution >= 4 is 29.1 Å². The summed E-state index contributed by atoms with van der Waals surface area (Å²) in [4.78, 5) is 19.4. The maximum atomic E-state index is 12.3. The molecule has 0 radical (unpaired) electrons. The number of amides is 1. The molecule has 0 bridgehead atoms. The highest BCUT2D eigenvalue weighted by molar-refractivity contribution is 7.99. The summed E-state index contributed by atoms with van der Waals surface area (Å²) in [6.45, 7) is 5.20. The molecule has 0 unspecified atom stereocenters. The number of ether oxygens (including phenoxy) is 1. The maximum absolute atomic E-state index is 12.3. The first-order valence-electron chi connectivity index (χ1n) is 8.40. The Morgan fingerprint density at radius 1 is 1.20 bits per heavy atom. The van der Waals surface area contributed by atoms with Gasteiger partial charge < -0.3 is 10.1 Å². The van der Waals surface area contributed by atoms with Gasteiger partial charge in [-0.1, -0.05) is 30.3 Å². The Morgan fingerprint density at radius 2 is 2.00 bits per heavy atom. The molecule has 130 valence electrons. The number of aliphatic imine (C=N–C) groups is 1. The minimum Gasteiger partial charge on any atom is -0.383 e. The van der Waals surface area contributed by atoms with E-state index in [9.17, 15) is 4.79 Å². The Morgan fingerprint density at radius 3 is 2.76 bits per heavy atom. The summed E-state index contributed by atoms with van der Waals surface area (Å²) in [5.74, 6) is -0.101. The molecule has 0 aliphatic carbocycles. The van der Waals surface area contributed by atoms with Crippen LogP contribution in [0.5, 0.6) is 0 Å². The van der Waals surface area contributed by atoms with Crippen molar-refractivity contribution in [3.05, 3.63) is 53.1 Å². The Kier molecular flexibility index (Phi) is 5.56. The highest BCUT2D eigenvalue weighted by Gasteiger charge is 2.18. The van der Waals surface area contributed by atoms with E-state index in [1.54, 1.807) is 18.9 Å². The van der Waals surface area contributed by atoms with Crippen LogP contribution < -0.4 is 5.32 Å². The highest BCUT2D eigenvalue weighted by atomic mass is 32.2. The molecule has 0 spiro atoms. The first-order valence-corrected chi connectivity index (χ1v) is 9.21. The fourth-order valence-corrected chi connectivity index (χ4v) is 3.76. The van der Waals surface area contributed by atoms with Crippen LogP contribution in [0, 0.1) is 6.92 Å². The molecule has 2 aromatic rings. The third kappa shape index (κ3) is 3.94. The number of nitrogens with one attached hydrogen (secondary N) is 1. The standard InChI is InChI=1S/C20H22N2O2S/c1-4-16-15-11-13(2)5-7-18(15)25-19-8-6-14(12-17(19)22-16)20(23)21-9-10-24-3/h5-8,11-12H,4,9-10H2,1-3H3,(H,21,23). The van der Waals surface area contributed by atoms with Crippen LogP contribution in [-0.4, -0.2) is 31.9 Å². The van der Waals surface area contributed by atoms with Gasteiger partial charge in [-0.25, -0.2) is 0 Å². The van der Waals surface area contributed by atoms with E-state index < -0.39 is 0 Å². The van der Waals surface area contributed by atoms with Crippen LogP contribution in [-0.2, 0) is 4.74 Å². The summed E-state index contributed by atoms with van der Waals surface area (Å²) < 4.78 is 4.97. The second-order valence-corrected chi connectivity index (χ2v) is 7.03. The SMILES string of the molecule is CCC1=Nc2cc(C(=O)NCCOC)ccc2Sc2ccc(C)cc21. The molecular weight excluding hydrogens is 332 g/mol. The lowest BCUT2D eigenvalue weighted by Gasteiger charge is -2.08. The van der Waals surface area contributed by atoms with Crippen LogP contribution in [0.4, 0.5) is 5.69 Å². The molecule has 0 aromatic heterocycles. The predicted octanol–water partition coefficient (Wildman–Crippen LogP) is 4.37. The van der Waals surface area contributed by atoms with Crippen molar-refractivity contribution in [2.24, 2.45) is 4.99 Å². The number of hydrogen-bond acceptors (Lipinski definition) is 4. The first-order chi connectivity index (χ1) is 12.1. The number of hydrogen-bond donors (Lipinski definition) is 1. The zero-order chi connectivity index (χ0) is 17.8. The van der Waals surface area contributed by atoms with E-state index in [1.807, 2.05) is 18.2 Å². The third-order valence-corrected chi connectivity index (χ3v) is 5.21. The number of methoxy groups -OCH3 is 1. The second-order valence-electron chi connectivity index (χ2n) is 5.94. The Labute approximate surface area is 152 Å². The quantitative estimate of drug-likeness (QED) is 0.811. The molecule has 25 heavy (non-hydrogen) atoms. The van der Waals surface area contributed by atoms with E-state index in [4.69, 9.17) is 9.73 Å². The van der Waals surface area contributed by atoms with Crippen molar-refractivity contribution in [1.29, 1.82) is 0 Å². The van der Waals surface area contributed by atoms with Crippen molar-refractivity contribution in [2.45, 2.75) is 30.1 Å². The van der Waals surface area contributed by atoms with Crippen molar-refractivity contribution in [3.63, 3.8) is 0 Å². The van der Waals surface area contributed by atoms with Gasteiger partial charge in [0.25, 0.3) is 5.91 Å². The molecule has 0 saturated carbocycles. The van der Waals surface area contributed by atoms with Gasteiger partial charge in [-0.05, 0) is 43.7 Å². The van der Waals surface area contributed by atoms with Crippen molar-refractivity contribution in [3.8, 4) is 0 Å². The largest absolute Gasteiger partial charge is 0.383 e. The van der Waals surface area contributed by atoms with Crippen LogP contribution >= 0.6 is 11.8 Å². The zero-order valence-corrected chi connectivity index (χ0v) is 15.6. The lowest BCUT2D eigenvalue weighted by molar-refractivity contribution is 0.0937. The summed E-state index contributed by atoms with van der Waals surface area (Å²) in [6.07, 6.45) is 0.848. The van der Waals surface area contributed by atoms with Crippen LogP contribution in [0.15, 0.2) is 51.2 Å². The third-order valence-electron chi connectivity index (χ3n) is 4.07. The molecule has 0 fully saturated rings. The van der Waals surface area contributed by atoms with Crippen molar-refractivity contribution in [2.75, 3.05) is 20.3 Å². The first kappa shape index (κ1) is 17.7. The normalized spacial score (nSPS) is 12.7.